The molecule has 0 fully saturated rings. The highest BCUT2D eigenvalue weighted by Gasteiger charge is 2.15. The van der Waals surface area contributed by atoms with Crippen LogP contribution >= 0.6 is 0 Å². The summed E-state index contributed by atoms with van der Waals surface area (Å²) in [5, 5.41) is 2.68. The molecule has 0 bridgehead atoms. The molecular weight excluding hydrogens is 312 g/mol. The van der Waals surface area contributed by atoms with Crippen LogP contribution in [0.15, 0.2) is 42.6 Å². The Morgan fingerprint density at radius 3 is 2.33 bits per heavy atom. The van der Waals surface area contributed by atoms with Gasteiger partial charge in [0.25, 0.3) is 5.91 Å². The number of aromatic nitrogens is 1. The molecular formula is C16H20N4O4. The van der Waals surface area contributed by atoms with Crippen molar-refractivity contribution >= 4 is 11.7 Å². The second kappa shape index (κ2) is 8.70. The van der Waals surface area contributed by atoms with Gasteiger partial charge in [0.15, 0.2) is 11.9 Å². The van der Waals surface area contributed by atoms with Crippen molar-refractivity contribution in [2.24, 2.45) is 0 Å². The monoisotopic (exact) mass is 332 g/mol. The first-order valence-corrected chi connectivity index (χ1v) is 7.28. The van der Waals surface area contributed by atoms with E-state index in [4.69, 9.17) is 14.3 Å². The molecule has 3 N–H and O–H groups in total. The van der Waals surface area contributed by atoms with Crippen molar-refractivity contribution in [3.63, 3.8) is 0 Å². The Morgan fingerprint density at radius 2 is 1.75 bits per heavy atom. The molecule has 1 aromatic heterocycles. The van der Waals surface area contributed by atoms with E-state index in [2.05, 4.69) is 21.3 Å². The summed E-state index contributed by atoms with van der Waals surface area (Å²) in [5.41, 5.74) is 5.09. The van der Waals surface area contributed by atoms with Gasteiger partial charge in [0.2, 0.25) is 0 Å². The van der Waals surface area contributed by atoms with Crippen molar-refractivity contribution < 1.29 is 19.1 Å². The van der Waals surface area contributed by atoms with E-state index in [0.717, 1.165) is 5.75 Å². The fraction of sp³-hybridized carbons (Fsp3) is 0.250. The van der Waals surface area contributed by atoms with Gasteiger partial charge in [-0.25, -0.2) is 10.4 Å². The maximum Gasteiger partial charge on any atom is 0.266 e. The van der Waals surface area contributed by atoms with Crippen molar-refractivity contribution in [1.29, 1.82) is 0 Å². The molecule has 8 heteroatoms. The van der Waals surface area contributed by atoms with E-state index in [1.54, 1.807) is 57.5 Å². The highest BCUT2D eigenvalue weighted by Crippen LogP contribution is 2.18. The Bertz CT molecular complexity index is 646. The zero-order chi connectivity index (χ0) is 17.4. The van der Waals surface area contributed by atoms with E-state index in [-0.39, 0.29) is 5.91 Å². The molecule has 2 aromatic rings. The second-order valence-corrected chi connectivity index (χ2v) is 4.76. The van der Waals surface area contributed by atoms with Gasteiger partial charge < -0.3 is 19.6 Å². The van der Waals surface area contributed by atoms with Crippen molar-refractivity contribution in [3.8, 4) is 17.2 Å². The number of benzene rings is 1. The Morgan fingerprint density at radius 1 is 1.08 bits per heavy atom. The number of carbonyl (C=O) groups is 1. The van der Waals surface area contributed by atoms with Crippen LogP contribution in [0, 0.1) is 0 Å². The third kappa shape index (κ3) is 5.11. The van der Waals surface area contributed by atoms with Crippen LogP contribution in [-0.4, -0.2) is 31.2 Å². The van der Waals surface area contributed by atoms with Crippen molar-refractivity contribution in [2.45, 2.75) is 13.0 Å². The second-order valence-electron chi connectivity index (χ2n) is 4.76. The Kier molecular flexibility index (Phi) is 6.35. The average molecular weight is 332 g/mol. The fourth-order valence-electron chi connectivity index (χ4n) is 1.76. The van der Waals surface area contributed by atoms with Gasteiger partial charge in [0, 0.05) is 7.05 Å². The first kappa shape index (κ1) is 17.5. The number of rotatable bonds is 8. The number of ether oxygens (including phenoxy) is 2. The van der Waals surface area contributed by atoms with E-state index in [9.17, 15) is 4.79 Å². The minimum atomic E-state index is -0.679. The third-order valence-electron chi connectivity index (χ3n) is 3.00. The predicted octanol–water partition coefficient (Wildman–Crippen LogP) is 1.51. The Balaban J connectivity index is 1.88. The molecule has 8 nitrogen and oxygen atoms in total. The Hall–Kier alpha value is -2.84. The van der Waals surface area contributed by atoms with Gasteiger partial charge >= 0.3 is 0 Å². The summed E-state index contributed by atoms with van der Waals surface area (Å²) in [6.07, 6.45) is 0.802. The molecule has 1 unspecified atom stereocenters. The minimum absolute atomic E-state index is 0.305. The maximum absolute atomic E-state index is 12.1. The van der Waals surface area contributed by atoms with E-state index in [0.29, 0.717) is 17.3 Å². The van der Waals surface area contributed by atoms with Gasteiger partial charge in [0.05, 0.1) is 13.3 Å². The van der Waals surface area contributed by atoms with Crippen LogP contribution in [0.4, 0.5) is 5.82 Å². The molecule has 0 spiro atoms. The summed E-state index contributed by atoms with van der Waals surface area (Å²) in [5.74, 6) is 1.90. The number of anilines is 1. The molecule has 24 heavy (non-hydrogen) atoms. The van der Waals surface area contributed by atoms with Crippen LogP contribution in [0.1, 0.15) is 6.92 Å². The molecule has 1 atom stereocenters. The lowest BCUT2D eigenvalue weighted by Gasteiger charge is -2.14. The van der Waals surface area contributed by atoms with Crippen LogP contribution in [0.25, 0.3) is 0 Å². The summed E-state index contributed by atoms with van der Waals surface area (Å²) in [4.78, 5) is 21.3. The number of pyridine rings is 1. The number of carbonyl (C=O) groups excluding carboxylic acids is 1. The van der Waals surface area contributed by atoms with Crippen LogP contribution in [0.5, 0.6) is 17.2 Å². The van der Waals surface area contributed by atoms with Crippen LogP contribution in [-0.2, 0) is 4.79 Å². The summed E-state index contributed by atoms with van der Waals surface area (Å²) in [6, 6.07) is 10.3. The summed E-state index contributed by atoms with van der Waals surface area (Å²) in [6.45, 7) is 1.66. The standard InChI is InChI=1S/C16H20N4O4/c1-11(23-13-6-4-12(22-3)5-7-13)16(21)19-15-9-8-14(10-18-15)24-20-17-2/h4-11,17,20H,1-3H3,(H,18,19,21). The first-order chi connectivity index (χ1) is 11.6. The molecule has 1 amide bonds. The van der Waals surface area contributed by atoms with Crippen molar-refractivity contribution in [2.75, 3.05) is 19.5 Å². The molecule has 0 aliphatic heterocycles. The number of methoxy groups -OCH3 is 1. The zero-order valence-electron chi connectivity index (χ0n) is 13.7. The van der Waals surface area contributed by atoms with Gasteiger partial charge in [-0.2, -0.15) is 0 Å². The first-order valence-electron chi connectivity index (χ1n) is 7.28. The minimum Gasteiger partial charge on any atom is -0.497 e. The van der Waals surface area contributed by atoms with Gasteiger partial charge in [-0.05, 0) is 43.3 Å². The van der Waals surface area contributed by atoms with Crippen LogP contribution in [0.3, 0.4) is 0 Å². The zero-order valence-corrected chi connectivity index (χ0v) is 13.7. The number of amides is 1. The van der Waals surface area contributed by atoms with Crippen LogP contribution in [0.2, 0.25) is 0 Å². The molecule has 128 valence electrons. The van der Waals surface area contributed by atoms with E-state index in [1.807, 2.05) is 0 Å². The average Bonchev–Trinajstić information content (AvgIpc) is 2.61. The van der Waals surface area contributed by atoms with Gasteiger partial charge in [-0.3, -0.25) is 4.79 Å². The molecule has 1 heterocycles. The number of nitrogens with zero attached hydrogens (tertiary/aromatic N) is 1. The molecule has 0 aliphatic carbocycles. The largest absolute Gasteiger partial charge is 0.497 e. The Labute approximate surface area is 140 Å². The normalized spacial score (nSPS) is 11.5. The summed E-state index contributed by atoms with van der Waals surface area (Å²) < 4.78 is 10.7. The molecule has 0 radical (unpaired) electrons. The molecule has 1 aromatic carbocycles. The SMILES string of the molecule is CNNOc1ccc(NC(=O)C(C)Oc2ccc(OC)cc2)nc1. The van der Waals surface area contributed by atoms with Gasteiger partial charge in [-0.15, -0.1) is 0 Å². The number of hydrazine groups is 1. The topological polar surface area (TPSA) is 93.7 Å². The number of hydrogen-bond donors (Lipinski definition) is 3. The van der Waals surface area contributed by atoms with Crippen LogP contribution < -0.4 is 30.6 Å². The fourth-order valence-corrected chi connectivity index (χ4v) is 1.76. The van der Waals surface area contributed by atoms with E-state index >= 15 is 0 Å². The lowest BCUT2D eigenvalue weighted by molar-refractivity contribution is -0.122. The van der Waals surface area contributed by atoms with Gasteiger partial charge in [0.1, 0.15) is 17.3 Å². The number of hydrogen-bond acceptors (Lipinski definition) is 7. The predicted molar refractivity (Wildman–Crippen MR) is 88.8 cm³/mol. The molecule has 0 saturated carbocycles. The quantitative estimate of drug-likeness (QED) is 0.631. The van der Waals surface area contributed by atoms with E-state index < -0.39 is 6.10 Å². The van der Waals surface area contributed by atoms with Crippen molar-refractivity contribution in [1.82, 2.24) is 16.0 Å². The number of nitrogens with one attached hydrogen (secondary N) is 3. The third-order valence-corrected chi connectivity index (χ3v) is 3.00. The summed E-state index contributed by atoms with van der Waals surface area (Å²) >= 11 is 0. The van der Waals surface area contributed by atoms with Gasteiger partial charge in [-0.1, -0.05) is 5.59 Å². The lowest BCUT2D eigenvalue weighted by atomic mass is 10.3. The summed E-state index contributed by atoms with van der Waals surface area (Å²) in [7, 11) is 3.26. The highest BCUT2D eigenvalue weighted by molar-refractivity contribution is 5.93. The molecule has 0 saturated heterocycles. The molecule has 2 rings (SSSR count). The lowest BCUT2D eigenvalue weighted by Crippen LogP contribution is -2.31. The smallest absolute Gasteiger partial charge is 0.266 e. The maximum atomic E-state index is 12.1. The highest BCUT2D eigenvalue weighted by atomic mass is 16.7. The molecule has 0 aliphatic rings. The van der Waals surface area contributed by atoms with E-state index in [1.165, 1.54) is 6.20 Å². The van der Waals surface area contributed by atoms with Crippen molar-refractivity contribution in [3.05, 3.63) is 42.6 Å².